The van der Waals surface area contributed by atoms with Gasteiger partial charge in [0.25, 0.3) is 11.8 Å². The fourth-order valence-corrected chi connectivity index (χ4v) is 11.0. The molecule has 0 saturated carbocycles. The molecular weight excluding hydrogens is 887 g/mol. The Balaban J connectivity index is 0.778. The molecule has 3 aromatic carbocycles. The zero-order chi connectivity index (χ0) is 47.3. The van der Waals surface area contributed by atoms with Crippen molar-refractivity contribution < 1.29 is 41.9 Å². The van der Waals surface area contributed by atoms with Gasteiger partial charge in [0.1, 0.15) is 35.0 Å². The van der Waals surface area contributed by atoms with Crippen molar-refractivity contribution in [1.29, 1.82) is 0 Å². The predicted octanol–water partition coefficient (Wildman–Crippen LogP) is 7.51. The maximum atomic E-state index is 16.8. The number of hydrogen-bond donors (Lipinski definition) is 1. The van der Waals surface area contributed by atoms with E-state index >= 15 is 8.78 Å². The Hall–Kier alpha value is -6.00. The molecule has 4 aromatic rings. The molecule has 13 nitrogen and oxygen atoms in total. The van der Waals surface area contributed by atoms with Crippen molar-refractivity contribution in [3.8, 4) is 16.9 Å². The minimum Gasteiger partial charge on any atom is -0.493 e. The van der Waals surface area contributed by atoms with Crippen LogP contribution in [0.25, 0.3) is 22.0 Å². The first-order valence-corrected chi connectivity index (χ1v) is 23.5. The fourth-order valence-electron chi connectivity index (χ4n) is 10.7. The molecule has 3 atom stereocenters. The Kier molecular flexibility index (Phi) is 13.0. The summed E-state index contributed by atoms with van der Waals surface area (Å²) in [4.78, 5) is 77.0. The molecule has 0 spiro atoms. The summed E-state index contributed by atoms with van der Waals surface area (Å²) in [5.74, 6) is -3.45. The summed E-state index contributed by atoms with van der Waals surface area (Å²) in [5.41, 5.74) is 2.64. The molecule has 3 fully saturated rings. The van der Waals surface area contributed by atoms with Crippen LogP contribution in [0.2, 0.25) is 5.02 Å². The molecular formula is C50H53ClF3N7O6. The van der Waals surface area contributed by atoms with Gasteiger partial charge in [-0.15, -0.1) is 0 Å². The molecule has 1 aromatic heterocycles. The van der Waals surface area contributed by atoms with Crippen LogP contribution in [0.3, 0.4) is 0 Å². The highest BCUT2D eigenvalue weighted by atomic mass is 35.5. The second-order valence-electron chi connectivity index (χ2n) is 18.3. The Bertz CT molecular complexity index is 2690. The monoisotopic (exact) mass is 939 g/mol. The highest BCUT2D eigenvalue weighted by Crippen LogP contribution is 2.47. The number of hydrogen-bond acceptors (Lipinski definition) is 9. The van der Waals surface area contributed by atoms with E-state index in [9.17, 15) is 28.4 Å². The first kappa shape index (κ1) is 46.1. The topological polar surface area (TPSA) is 136 Å². The van der Waals surface area contributed by atoms with Crippen molar-refractivity contribution in [2.24, 2.45) is 0 Å². The molecule has 5 aliphatic heterocycles. The third kappa shape index (κ3) is 8.62. The number of likely N-dealkylation sites (N-methyl/N-ethyl adjacent to an activating group) is 1. The van der Waals surface area contributed by atoms with Gasteiger partial charge in [-0.2, -0.15) is 0 Å². The van der Waals surface area contributed by atoms with Crippen LogP contribution < -0.4 is 19.9 Å². The largest absolute Gasteiger partial charge is 0.493 e. The summed E-state index contributed by atoms with van der Waals surface area (Å²) in [6.45, 7) is 9.02. The number of benzene rings is 3. The number of nitrogens with zero attached hydrogens (tertiary/aromatic N) is 6. The molecule has 1 unspecified atom stereocenters. The summed E-state index contributed by atoms with van der Waals surface area (Å²) in [6, 6.07) is 6.94. The number of carbonyl (C=O) groups is 5. The predicted molar refractivity (Wildman–Crippen MR) is 247 cm³/mol. The number of imide groups is 1. The number of unbranched alkanes of at least 4 members (excludes halogenated alkanes) is 4. The fraction of sp³-hybridized carbons (Fsp3) is 0.440. The van der Waals surface area contributed by atoms with Crippen molar-refractivity contribution in [3.63, 3.8) is 0 Å². The Labute approximate surface area is 391 Å². The van der Waals surface area contributed by atoms with Crippen LogP contribution in [-0.4, -0.2) is 114 Å². The van der Waals surface area contributed by atoms with Crippen LogP contribution in [0.4, 0.5) is 24.5 Å². The molecule has 5 aliphatic rings. The summed E-state index contributed by atoms with van der Waals surface area (Å²) in [6.07, 6.45) is 9.26. The molecule has 6 heterocycles. The quantitative estimate of drug-likeness (QED) is 0.0821. The van der Waals surface area contributed by atoms with E-state index in [1.807, 2.05) is 11.8 Å². The van der Waals surface area contributed by atoms with E-state index in [0.29, 0.717) is 35.3 Å². The summed E-state index contributed by atoms with van der Waals surface area (Å²) in [7, 11) is 1.61. The number of piperazine rings is 1. The average Bonchev–Trinajstić information content (AvgIpc) is 3.63. The molecule has 17 heteroatoms. The molecule has 0 radical (unpaired) electrons. The highest BCUT2D eigenvalue weighted by Gasteiger charge is 2.45. The number of halogens is 4. The number of carbonyl (C=O) groups excluding carboxylic acids is 5. The maximum Gasteiger partial charge on any atom is 0.255 e. The van der Waals surface area contributed by atoms with E-state index in [0.717, 1.165) is 69.3 Å². The normalized spacial score (nSPS) is 21.1. The molecule has 3 saturated heterocycles. The van der Waals surface area contributed by atoms with Gasteiger partial charge >= 0.3 is 0 Å². The van der Waals surface area contributed by atoms with Crippen molar-refractivity contribution in [1.82, 2.24) is 25.0 Å². The van der Waals surface area contributed by atoms with E-state index in [4.69, 9.17) is 16.3 Å². The van der Waals surface area contributed by atoms with Gasteiger partial charge in [0.2, 0.25) is 17.7 Å². The van der Waals surface area contributed by atoms with Crippen LogP contribution in [0.1, 0.15) is 92.1 Å². The molecule has 9 rings (SSSR count). The van der Waals surface area contributed by atoms with Gasteiger partial charge < -0.3 is 29.2 Å². The zero-order valence-corrected chi connectivity index (χ0v) is 38.3. The Morgan fingerprint density at radius 3 is 2.48 bits per heavy atom. The molecule has 352 valence electrons. The summed E-state index contributed by atoms with van der Waals surface area (Å²) < 4.78 is 53.5. The van der Waals surface area contributed by atoms with Gasteiger partial charge in [-0.3, -0.25) is 34.3 Å². The summed E-state index contributed by atoms with van der Waals surface area (Å²) >= 11 is 6.87. The Morgan fingerprint density at radius 1 is 0.955 bits per heavy atom. The lowest BCUT2D eigenvalue weighted by atomic mass is 9.85. The third-order valence-electron chi connectivity index (χ3n) is 14.3. The van der Waals surface area contributed by atoms with Crippen molar-refractivity contribution in [2.75, 3.05) is 56.2 Å². The first-order chi connectivity index (χ1) is 32.2. The van der Waals surface area contributed by atoms with Crippen LogP contribution in [0, 0.1) is 17.5 Å². The molecule has 1 N–H and O–H groups in total. The summed E-state index contributed by atoms with van der Waals surface area (Å²) in [5, 5.41) is 2.64. The maximum absolute atomic E-state index is 16.8. The molecule has 67 heavy (non-hydrogen) atoms. The highest BCUT2D eigenvalue weighted by molar-refractivity contribution is 6.35. The zero-order valence-electron chi connectivity index (χ0n) is 37.6. The second-order valence-corrected chi connectivity index (χ2v) is 18.7. The second kappa shape index (κ2) is 18.9. The minimum absolute atomic E-state index is 0.0389. The number of piperidine rings is 2. The van der Waals surface area contributed by atoms with Gasteiger partial charge in [0.05, 0.1) is 41.3 Å². The van der Waals surface area contributed by atoms with E-state index in [1.54, 1.807) is 24.1 Å². The minimum atomic E-state index is -0.818. The smallest absolute Gasteiger partial charge is 0.255 e. The number of fused-ring (bicyclic) bond motifs is 6. The van der Waals surface area contributed by atoms with Crippen molar-refractivity contribution in [2.45, 2.75) is 95.3 Å². The number of likely N-dealkylation sites (tertiary alicyclic amines) is 1. The number of rotatable bonds is 13. The van der Waals surface area contributed by atoms with Gasteiger partial charge in [0, 0.05) is 49.1 Å². The number of ether oxygens (including phenoxy) is 1. The van der Waals surface area contributed by atoms with Crippen molar-refractivity contribution in [3.05, 3.63) is 94.4 Å². The van der Waals surface area contributed by atoms with Gasteiger partial charge in [0.15, 0.2) is 5.82 Å². The standard InChI is InChI=1S/C50H53ClF3N7O6/c1-4-42(63)59-27-39-50(66)57(3)38-24-55-46-33(47(38)60(39)25-28(59)2)23-35(51)43(45(46)54)44-36(53)11-10-12-40(44)67-20-9-7-5-6-8-17-58-18-15-29(16-19-58)31-21-30(52)22-32-34(31)26-61(49(32)65)37-13-14-41(62)56-48(37)64/h4,10-12,21-24,28-29,37,39H,1,5-9,13-20,25-27H2,2-3H3,(H,56,62,64)/t28-,37?,39-/m1/s1. The van der Waals surface area contributed by atoms with E-state index < -0.39 is 35.4 Å². The van der Waals surface area contributed by atoms with Gasteiger partial charge in [-0.1, -0.05) is 43.5 Å². The number of aromatic nitrogens is 1. The lowest BCUT2D eigenvalue weighted by Gasteiger charge is -2.50. The van der Waals surface area contributed by atoms with Crippen LogP contribution in [0.5, 0.6) is 5.75 Å². The van der Waals surface area contributed by atoms with E-state index in [-0.39, 0.29) is 95.5 Å². The SMILES string of the molecule is C=CC(=O)N1C[C@@H]2C(=O)N(C)c3cnc4c(F)c(-c5c(F)cccc5OCCCCCCCN5CCC(c6cc(F)cc7c6CN(C6CCC(=O)NC6=O)C7=O)CC5)c(Cl)cc4c3N2C[C@H]1C. The molecule has 0 aliphatic carbocycles. The van der Waals surface area contributed by atoms with Gasteiger partial charge in [-0.25, -0.2) is 13.2 Å². The van der Waals surface area contributed by atoms with Gasteiger partial charge in [-0.05, 0) is 112 Å². The van der Waals surface area contributed by atoms with Crippen LogP contribution in [-0.2, 0) is 25.7 Å². The van der Waals surface area contributed by atoms with E-state index in [2.05, 4.69) is 21.8 Å². The molecule has 0 bridgehead atoms. The number of nitrogens with one attached hydrogen (secondary N) is 1. The number of pyridine rings is 1. The number of anilines is 2. The molecule has 5 amide bonds. The lowest BCUT2D eigenvalue weighted by Crippen LogP contribution is -2.65. The van der Waals surface area contributed by atoms with Crippen LogP contribution >= 0.6 is 11.6 Å². The average molecular weight is 940 g/mol. The van der Waals surface area contributed by atoms with Crippen molar-refractivity contribution >= 4 is 63.4 Å². The Morgan fingerprint density at radius 2 is 1.72 bits per heavy atom. The third-order valence-corrected chi connectivity index (χ3v) is 14.5. The first-order valence-electron chi connectivity index (χ1n) is 23.1. The lowest BCUT2D eigenvalue weighted by molar-refractivity contribution is -0.137. The van der Waals surface area contributed by atoms with Crippen LogP contribution in [0.15, 0.2) is 55.3 Å². The number of amides is 5. The van der Waals surface area contributed by atoms with E-state index in [1.165, 1.54) is 46.3 Å².